The maximum atomic E-state index is 12.1. The molecule has 0 aromatic heterocycles. The Kier molecular flexibility index (Phi) is 6.37. The van der Waals surface area contributed by atoms with E-state index in [0.717, 1.165) is 11.5 Å². The van der Waals surface area contributed by atoms with Crippen molar-refractivity contribution in [1.29, 1.82) is 0 Å². The van der Waals surface area contributed by atoms with Crippen molar-refractivity contribution in [2.45, 2.75) is 19.6 Å². The van der Waals surface area contributed by atoms with Gasteiger partial charge in [-0.3, -0.25) is 14.9 Å². The van der Waals surface area contributed by atoms with Crippen LogP contribution in [-0.4, -0.2) is 23.1 Å². The fraction of sp³-hybridized carbons (Fsp3) is 0.278. The molecule has 0 bridgehead atoms. The van der Waals surface area contributed by atoms with Crippen molar-refractivity contribution in [1.82, 2.24) is 5.32 Å². The summed E-state index contributed by atoms with van der Waals surface area (Å²) in [5.74, 6) is 1.52. The lowest BCUT2D eigenvalue weighted by atomic mass is 10.1. The number of nitrogens with one attached hydrogen (secondary N) is 1. The van der Waals surface area contributed by atoms with Gasteiger partial charge >= 0.3 is 0 Å². The number of rotatable bonds is 7. The summed E-state index contributed by atoms with van der Waals surface area (Å²) < 4.78 is 0. The van der Waals surface area contributed by atoms with Crippen LogP contribution in [0.3, 0.4) is 0 Å². The zero-order valence-corrected chi connectivity index (χ0v) is 14.6. The third-order valence-corrected chi connectivity index (χ3v) is 4.57. The average molecular weight is 344 g/mol. The van der Waals surface area contributed by atoms with Crippen LogP contribution < -0.4 is 5.32 Å². The van der Waals surface area contributed by atoms with Crippen molar-refractivity contribution in [3.63, 3.8) is 0 Å². The van der Waals surface area contributed by atoms with Crippen LogP contribution in [0.25, 0.3) is 0 Å². The first-order valence-corrected chi connectivity index (χ1v) is 8.79. The molecule has 0 fully saturated rings. The summed E-state index contributed by atoms with van der Waals surface area (Å²) in [4.78, 5) is 22.4. The number of carbonyl (C=O) groups excluding carboxylic acids is 1. The van der Waals surface area contributed by atoms with Crippen molar-refractivity contribution in [2.75, 3.05) is 12.3 Å². The molecule has 0 atom stereocenters. The van der Waals surface area contributed by atoms with E-state index >= 15 is 0 Å². The Labute approximate surface area is 145 Å². The molecule has 0 heterocycles. The molecule has 126 valence electrons. The van der Waals surface area contributed by atoms with Gasteiger partial charge in [-0.15, -0.1) is 0 Å². The molecular formula is C18H20N2O3S. The molecule has 0 radical (unpaired) electrons. The fourth-order valence-electron chi connectivity index (χ4n) is 2.33. The van der Waals surface area contributed by atoms with Gasteiger partial charge in [-0.1, -0.05) is 29.8 Å². The highest BCUT2D eigenvalue weighted by Gasteiger charge is 2.13. The van der Waals surface area contributed by atoms with E-state index in [1.807, 2.05) is 6.07 Å². The fourth-order valence-corrected chi connectivity index (χ4v) is 3.14. The van der Waals surface area contributed by atoms with Crippen molar-refractivity contribution in [3.05, 3.63) is 74.8 Å². The standard InChI is InChI=1S/C18H20N2O3S/c1-13-4-3-5-15(10-13)12-24-9-8-19-18(21)16-6-7-17(20(22)23)14(2)11-16/h3-7,10-11H,8-9,12H2,1-2H3,(H,19,21). The van der Waals surface area contributed by atoms with Crippen LogP contribution in [0.4, 0.5) is 5.69 Å². The topological polar surface area (TPSA) is 72.2 Å². The highest BCUT2D eigenvalue weighted by Crippen LogP contribution is 2.18. The summed E-state index contributed by atoms with van der Waals surface area (Å²) in [6, 6.07) is 12.8. The minimum Gasteiger partial charge on any atom is -0.351 e. The minimum absolute atomic E-state index is 0.0280. The molecule has 2 aromatic rings. The first kappa shape index (κ1) is 18.0. The third kappa shape index (κ3) is 5.09. The van der Waals surface area contributed by atoms with E-state index in [9.17, 15) is 14.9 Å². The zero-order chi connectivity index (χ0) is 17.5. The van der Waals surface area contributed by atoms with Crippen molar-refractivity contribution in [2.24, 2.45) is 0 Å². The predicted molar refractivity (Wildman–Crippen MR) is 97.5 cm³/mol. The quantitative estimate of drug-likeness (QED) is 0.470. The summed E-state index contributed by atoms with van der Waals surface area (Å²) in [7, 11) is 0. The van der Waals surface area contributed by atoms with Crippen LogP contribution in [0, 0.1) is 24.0 Å². The van der Waals surface area contributed by atoms with Gasteiger partial charge in [-0.2, -0.15) is 11.8 Å². The monoisotopic (exact) mass is 344 g/mol. The number of thioether (sulfide) groups is 1. The minimum atomic E-state index is -0.445. The molecule has 0 aliphatic rings. The molecule has 6 heteroatoms. The molecule has 2 aromatic carbocycles. The van der Waals surface area contributed by atoms with E-state index in [0.29, 0.717) is 17.7 Å². The molecule has 1 amide bonds. The Morgan fingerprint density at radius 3 is 2.67 bits per heavy atom. The van der Waals surface area contributed by atoms with Gasteiger partial charge in [0.1, 0.15) is 0 Å². The Hall–Kier alpha value is -2.34. The van der Waals surface area contributed by atoms with Gasteiger partial charge in [0, 0.05) is 35.2 Å². The summed E-state index contributed by atoms with van der Waals surface area (Å²) in [5, 5.41) is 13.6. The van der Waals surface area contributed by atoms with Gasteiger partial charge in [0.2, 0.25) is 0 Å². The number of benzene rings is 2. The highest BCUT2D eigenvalue weighted by molar-refractivity contribution is 7.98. The number of aryl methyl sites for hydroxylation is 2. The van der Waals surface area contributed by atoms with Gasteiger partial charge in [0.15, 0.2) is 0 Å². The smallest absolute Gasteiger partial charge is 0.272 e. The van der Waals surface area contributed by atoms with Gasteiger partial charge in [-0.05, 0) is 31.5 Å². The van der Waals surface area contributed by atoms with E-state index in [2.05, 4.69) is 30.4 Å². The summed E-state index contributed by atoms with van der Waals surface area (Å²) in [5.41, 5.74) is 3.48. The second-order valence-electron chi connectivity index (χ2n) is 5.56. The molecule has 0 saturated carbocycles. The van der Waals surface area contributed by atoms with E-state index in [-0.39, 0.29) is 11.6 Å². The molecule has 1 N–H and O–H groups in total. The molecular weight excluding hydrogens is 324 g/mol. The first-order chi connectivity index (χ1) is 11.5. The summed E-state index contributed by atoms with van der Waals surface area (Å²) in [6.07, 6.45) is 0. The largest absolute Gasteiger partial charge is 0.351 e. The first-order valence-electron chi connectivity index (χ1n) is 7.64. The normalized spacial score (nSPS) is 10.4. The zero-order valence-electron chi connectivity index (χ0n) is 13.7. The van der Waals surface area contributed by atoms with Crippen LogP contribution in [0.5, 0.6) is 0 Å². The maximum Gasteiger partial charge on any atom is 0.272 e. The highest BCUT2D eigenvalue weighted by atomic mass is 32.2. The number of carbonyl (C=O) groups is 1. The van der Waals surface area contributed by atoms with Crippen LogP contribution in [0.15, 0.2) is 42.5 Å². The summed E-state index contributed by atoms with van der Waals surface area (Å²) >= 11 is 1.76. The Bertz CT molecular complexity index is 747. The van der Waals surface area contributed by atoms with Gasteiger partial charge in [0.25, 0.3) is 11.6 Å². The van der Waals surface area contributed by atoms with Crippen LogP contribution in [0.2, 0.25) is 0 Å². The predicted octanol–water partition coefficient (Wildman–Crippen LogP) is 3.87. The van der Waals surface area contributed by atoms with Crippen LogP contribution in [0.1, 0.15) is 27.0 Å². The van der Waals surface area contributed by atoms with Gasteiger partial charge in [0.05, 0.1) is 4.92 Å². The van der Waals surface area contributed by atoms with E-state index in [1.165, 1.54) is 23.3 Å². The molecule has 0 spiro atoms. The Morgan fingerprint density at radius 2 is 2.00 bits per heavy atom. The van der Waals surface area contributed by atoms with Gasteiger partial charge < -0.3 is 5.32 Å². The molecule has 5 nitrogen and oxygen atoms in total. The lowest BCUT2D eigenvalue weighted by Gasteiger charge is -2.07. The second kappa shape index (κ2) is 8.49. The van der Waals surface area contributed by atoms with E-state index < -0.39 is 4.92 Å². The number of nitro benzene ring substituents is 1. The maximum absolute atomic E-state index is 12.1. The molecule has 0 aliphatic carbocycles. The van der Waals surface area contributed by atoms with E-state index in [4.69, 9.17) is 0 Å². The Balaban J connectivity index is 1.77. The molecule has 0 saturated heterocycles. The van der Waals surface area contributed by atoms with Gasteiger partial charge in [-0.25, -0.2) is 0 Å². The lowest BCUT2D eigenvalue weighted by molar-refractivity contribution is -0.385. The number of amides is 1. The lowest BCUT2D eigenvalue weighted by Crippen LogP contribution is -2.25. The van der Waals surface area contributed by atoms with Crippen molar-refractivity contribution in [3.8, 4) is 0 Å². The number of nitrogens with zero attached hydrogens (tertiary/aromatic N) is 1. The SMILES string of the molecule is Cc1cccc(CSCCNC(=O)c2ccc([N+](=O)[O-])c(C)c2)c1. The number of hydrogen-bond donors (Lipinski definition) is 1. The average Bonchev–Trinajstić information content (AvgIpc) is 2.54. The Morgan fingerprint density at radius 1 is 1.21 bits per heavy atom. The third-order valence-electron chi connectivity index (χ3n) is 3.54. The van der Waals surface area contributed by atoms with E-state index in [1.54, 1.807) is 24.8 Å². The second-order valence-corrected chi connectivity index (χ2v) is 6.66. The molecule has 24 heavy (non-hydrogen) atoms. The van der Waals surface area contributed by atoms with Crippen LogP contribution in [-0.2, 0) is 5.75 Å². The van der Waals surface area contributed by atoms with Crippen molar-refractivity contribution >= 4 is 23.4 Å². The number of hydrogen-bond acceptors (Lipinski definition) is 4. The summed E-state index contributed by atoms with van der Waals surface area (Å²) in [6.45, 7) is 4.26. The van der Waals surface area contributed by atoms with Crippen molar-refractivity contribution < 1.29 is 9.72 Å². The number of nitro groups is 1. The molecule has 0 unspecified atom stereocenters. The molecule has 2 rings (SSSR count). The van der Waals surface area contributed by atoms with Crippen LogP contribution >= 0.6 is 11.8 Å². The molecule has 0 aliphatic heterocycles.